The zero-order valence-electron chi connectivity index (χ0n) is 14.8. The number of methoxy groups -OCH3 is 1. The van der Waals surface area contributed by atoms with Gasteiger partial charge in [0, 0.05) is 16.8 Å². The molecule has 0 aliphatic carbocycles. The van der Waals surface area contributed by atoms with E-state index in [4.69, 9.17) is 4.74 Å². The van der Waals surface area contributed by atoms with Crippen LogP contribution >= 0.6 is 0 Å². The van der Waals surface area contributed by atoms with E-state index in [2.05, 4.69) is 10.3 Å². The molecule has 4 heteroatoms. The standard InChI is InChI=1S/C23H18N2O2/c1-27-17-13-10-16(11-14-17)12-15-22(26)25-23-18-6-2-4-8-20(18)24-21-9-5-3-7-19(21)23/h2-15H,1H3,(H,24,25,26)/b15-12+. The topological polar surface area (TPSA) is 51.2 Å². The number of hydrogen-bond acceptors (Lipinski definition) is 3. The zero-order chi connectivity index (χ0) is 18.6. The fourth-order valence-electron chi connectivity index (χ4n) is 3.03. The molecule has 0 aliphatic rings. The maximum atomic E-state index is 12.6. The molecule has 3 aromatic carbocycles. The number of nitrogens with one attached hydrogen (secondary N) is 1. The highest BCUT2D eigenvalue weighted by atomic mass is 16.5. The average molecular weight is 354 g/mol. The van der Waals surface area contributed by atoms with Gasteiger partial charge in [0.2, 0.25) is 5.91 Å². The van der Waals surface area contributed by atoms with Crippen LogP contribution in [0.25, 0.3) is 27.9 Å². The molecule has 27 heavy (non-hydrogen) atoms. The fourth-order valence-corrected chi connectivity index (χ4v) is 3.03. The Hall–Kier alpha value is -3.66. The molecule has 0 spiro atoms. The van der Waals surface area contributed by atoms with E-state index in [-0.39, 0.29) is 5.91 Å². The summed E-state index contributed by atoms with van der Waals surface area (Å²) in [5.74, 6) is 0.596. The SMILES string of the molecule is COc1ccc(/C=C/C(=O)Nc2c3ccccc3nc3ccccc23)cc1. The van der Waals surface area contributed by atoms with Gasteiger partial charge in [-0.2, -0.15) is 0 Å². The Labute approximate surface area is 157 Å². The van der Waals surface area contributed by atoms with Crippen LogP contribution in [-0.4, -0.2) is 18.0 Å². The van der Waals surface area contributed by atoms with E-state index in [0.717, 1.165) is 38.8 Å². The molecular weight excluding hydrogens is 336 g/mol. The van der Waals surface area contributed by atoms with Crippen LogP contribution in [0, 0.1) is 0 Å². The minimum absolute atomic E-state index is 0.188. The summed E-state index contributed by atoms with van der Waals surface area (Å²) in [5, 5.41) is 4.87. The molecule has 0 unspecified atom stereocenters. The summed E-state index contributed by atoms with van der Waals surface area (Å²) in [5.41, 5.74) is 3.41. The van der Waals surface area contributed by atoms with Gasteiger partial charge < -0.3 is 10.1 Å². The van der Waals surface area contributed by atoms with Crippen molar-refractivity contribution >= 4 is 39.5 Å². The number of amides is 1. The molecule has 1 amide bonds. The van der Waals surface area contributed by atoms with Crippen LogP contribution < -0.4 is 10.1 Å². The van der Waals surface area contributed by atoms with Gasteiger partial charge in [-0.05, 0) is 35.9 Å². The second-order valence-corrected chi connectivity index (χ2v) is 6.12. The van der Waals surface area contributed by atoms with E-state index in [9.17, 15) is 4.79 Å². The van der Waals surface area contributed by atoms with E-state index >= 15 is 0 Å². The van der Waals surface area contributed by atoms with Crippen LogP contribution in [-0.2, 0) is 4.79 Å². The molecule has 132 valence electrons. The van der Waals surface area contributed by atoms with E-state index in [1.807, 2.05) is 72.8 Å². The molecular formula is C23H18N2O2. The van der Waals surface area contributed by atoms with Crippen LogP contribution in [0.5, 0.6) is 5.75 Å². The lowest BCUT2D eigenvalue weighted by Crippen LogP contribution is -2.09. The highest BCUT2D eigenvalue weighted by Gasteiger charge is 2.10. The first kappa shape index (κ1) is 16.8. The minimum atomic E-state index is -0.188. The molecule has 0 aliphatic heterocycles. The number of ether oxygens (including phenoxy) is 1. The molecule has 1 heterocycles. The summed E-state index contributed by atoms with van der Waals surface area (Å²) in [6.07, 6.45) is 3.31. The van der Waals surface area contributed by atoms with Gasteiger partial charge in [0.1, 0.15) is 5.75 Å². The maximum Gasteiger partial charge on any atom is 0.248 e. The van der Waals surface area contributed by atoms with Gasteiger partial charge in [0.25, 0.3) is 0 Å². The van der Waals surface area contributed by atoms with E-state index in [1.165, 1.54) is 6.08 Å². The van der Waals surface area contributed by atoms with Gasteiger partial charge in [0.15, 0.2) is 0 Å². The number of nitrogens with zero attached hydrogens (tertiary/aromatic N) is 1. The highest BCUT2D eigenvalue weighted by Crippen LogP contribution is 2.30. The van der Waals surface area contributed by atoms with E-state index in [1.54, 1.807) is 13.2 Å². The van der Waals surface area contributed by atoms with Crippen LogP contribution in [0.4, 0.5) is 5.69 Å². The summed E-state index contributed by atoms with van der Waals surface area (Å²) in [6, 6.07) is 23.1. The number of carbonyl (C=O) groups is 1. The molecule has 4 nitrogen and oxygen atoms in total. The summed E-state index contributed by atoms with van der Waals surface area (Å²) in [4.78, 5) is 17.2. The average Bonchev–Trinajstić information content (AvgIpc) is 2.72. The van der Waals surface area contributed by atoms with Crippen molar-refractivity contribution in [2.75, 3.05) is 12.4 Å². The van der Waals surface area contributed by atoms with Crippen LogP contribution in [0.3, 0.4) is 0 Å². The number of fused-ring (bicyclic) bond motifs is 2. The van der Waals surface area contributed by atoms with Gasteiger partial charge in [-0.1, -0.05) is 48.5 Å². The highest BCUT2D eigenvalue weighted by molar-refractivity contribution is 6.15. The van der Waals surface area contributed by atoms with E-state index < -0.39 is 0 Å². The summed E-state index contributed by atoms with van der Waals surface area (Å²) < 4.78 is 5.15. The van der Waals surface area contributed by atoms with Crippen molar-refractivity contribution in [2.45, 2.75) is 0 Å². The smallest absolute Gasteiger partial charge is 0.248 e. The van der Waals surface area contributed by atoms with Crippen molar-refractivity contribution in [1.29, 1.82) is 0 Å². The van der Waals surface area contributed by atoms with Gasteiger partial charge in [-0.15, -0.1) is 0 Å². The summed E-state index contributed by atoms with van der Waals surface area (Å²) >= 11 is 0. The Bertz CT molecular complexity index is 1090. The number of carbonyl (C=O) groups excluding carboxylic acids is 1. The molecule has 0 atom stereocenters. The first-order valence-electron chi connectivity index (χ1n) is 8.65. The second-order valence-electron chi connectivity index (χ2n) is 6.12. The van der Waals surface area contributed by atoms with Crippen molar-refractivity contribution < 1.29 is 9.53 Å². The molecule has 4 aromatic rings. The molecule has 4 rings (SSSR count). The largest absolute Gasteiger partial charge is 0.497 e. The van der Waals surface area contributed by atoms with Crippen molar-refractivity contribution in [3.05, 3.63) is 84.4 Å². The van der Waals surface area contributed by atoms with Crippen LogP contribution in [0.1, 0.15) is 5.56 Å². The van der Waals surface area contributed by atoms with Crippen molar-refractivity contribution in [2.24, 2.45) is 0 Å². The molecule has 1 aromatic heterocycles. The summed E-state index contributed by atoms with van der Waals surface area (Å²) in [7, 11) is 1.63. The first-order valence-corrected chi connectivity index (χ1v) is 8.65. The number of aromatic nitrogens is 1. The third-order valence-electron chi connectivity index (χ3n) is 4.38. The van der Waals surface area contributed by atoms with Gasteiger partial charge in [-0.25, -0.2) is 4.98 Å². The third-order valence-corrected chi connectivity index (χ3v) is 4.38. The number of para-hydroxylation sites is 2. The molecule has 0 fully saturated rings. The maximum absolute atomic E-state index is 12.6. The Morgan fingerprint density at radius 1 is 0.889 bits per heavy atom. The molecule has 0 bridgehead atoms. The first-order chi connectivity index (χ1) is 13.2. The third kappa shape index (κ3) is 3.51. The normalized spacial score (nSPS) is 11.1. The van der Waals surface area contributed by atoms with Crippen molar-refractivity contribution in [1.82, 2.24) is 4.98 Å². The number of rotatable bonds is 4. The Kier molecular flexibility index (Phi) is 4.54. The second kappa shape index (κ2) is 7.30. The molecule has 1 N–H and O–H groups in total. The van der Waals surface area contributed by atoms with E-state index in [0.29, 0.717) is 0 Å². The lowest BCUT2D eigenvalue weighted by atomic mass is 10.1. The number of pyridine rings is 1. The molecule has 0 radical (unpaired) electrons. The predicted octanol–water partition coefficient (Wildman–Crippen LogP) is 5.05. The Balaban J connectivity index is 1.67. The quantitative estimate of drug-likeness (QED) is 0.412. The number of benzene rings is 3. The van der Waals surface area contributed by atoms with Gasteiger partial charge in [-0.3, -0.25) is 4.79 Å². The number of hydrogen-bond donors (Lipinski definition) is 1. The van der Waals surface area contributed by atoms with Gasteiger partial charge in [0.05, 0.1) is 23.8 Å². The van der Waals surface area contributed by atoms with Gasteiger partial charge >= 0.3 is 0 Å². The lowest BCUT2D eigenvalue weighted by Gasteiger charge is -2.11. The monoisotopic (exact) mass is 354 g/mol. The Morgan fingerprint density at radius 3 is 2.07 bits per heavy atom. The zero-order valence-corrected chi connectivity index (χ0v) is 14.8. The Morgan fingerprint density at radius 2 is 1.48 bits per heavy atom. The summed E-state index contributed by atoms with van der Waals surface area (Å²) in [6.45, 7) is 0. The lowest BCUT2D eigenvalue weighted by molar-refractivity contribution is -0.111. The van der Waals surface area contributed by atoms with Crippen molar-refractivity contribution in [3.63, 3.8) is 0 Å². The fraction of sp³-hybridized carbons (Fsp3) is 0.0435. The number of anilines is 1. The molecule has 0 saturated heterocycles. The predicted molar refractivity (Wildman–Crippen MR) is 110 cm³/mol. The van der Waals surface area contributed by atoms with Crippen LogP contribution in [0.2, 0.25) is 0 Å². The minimum Gasteiger partial charge on any atom is -0.497 e. The van der Waals surface area contributed by atoms with Crippen LogP contribution in [0.15, 0.2) is 78.9 Å². The van der Waals surface area contributed by atoms with Crippen molar-refractivity contribution in [3.8, 4) is 5.75 Å². The molecule has 0 saturated carbocycles.